The molecule has 5 heteroatoms. The average Bonchev–Trinajstić information content (AvgIpc) is 1.86. The van der Waals surface area contributed by atoms with E-state index in [1.807, 2.05) is 0 Å². The van der Waals surface area contributed by atoms with Gasteiger partial charge in [-0.15, -0.1) is 0 Å². The van der Waals surface area contributed by atoms with Gasteiger partial charge >= 0.3 is 5.97 Å². The molecule has 0 aliphatic rings. The summed E-state index contributed by atoms with van der Waals surface area (Å²) in [5.41, 5.74) is 0. The molecule has 0 aliphatic heterocycles. The van der Waals surface area contributed by atoms with Gasteiger partial charge in [-0.05, 0) is 0 Å². The van der Waals surface area contributed by atoms with Gasteiger partial charge in [-0.25, -0.2) is 0 Å². The molecule has 0 radical (unpaired) electrons. The van der Waals surface area contributed by atoms with Gasteiger partial charge in [0.1, 0.15) is 0 Å². The molecule has 0 saturated heterocycles. The average molecular weight is 159 g/mol. The maximum atomic E-state index is 10.5. The summed E-state index contributed by atoms with van der Waals surface area (Å²) in [6, 6.07) is 0. The topological polar surface area (TPSA) is 83.5 Å². The number of rotatable bonds is 5. The van der Waals surface area contributed by atoms with E-state index >= 15 is 0 Å². The highest BCUT2D eigenvalue weighted by molar-refractivity contribution is 6.37. The van der Waals surface area contributed by atoms with Gasteiger partial charge in [-0.2, -0.15) is 0 Å². The predicted octanol–water partition coefficient (Wildman–Crippen LogP) is -1.18. The number of carboxylic acid groups (broad SMARTS) is 1. The van der Waals surface area contributed by atoms with Crippen molar-refractivity contribution in [1.29, 1.82) is 0 Å². The second kappa shape index (κ2) is 4.56. The van der Waals surface area contributed by atoms with E-state index in [9.17, 15) is 14.4 Å². The highest BCUT2D eigenvalue weighted by atomic mass is 16.4. The first-order valence-electron chi connectivity index (χ1n) is 3.00. The van der Waals surface area contributed by atoms with Crippen LogP contribution in [0.5, 0.6) is 0 Å². The van der Waals surface area contributed by atoms with Crippen LogP contribution in [0.4, 0.5) is 0 Å². The summed E-state index contributed by atoms with van der Waals surface area (Å²) in [4.78, 5) is 30.7. The molecule has 0 spiro atoms. The van der Waals surface area contributed by atoms with Crippen LogP contribution in [0.2, 0.25) is 0 Å². The first-order chi connectivity index (χ1) is 5.04. The summed E-state index contributed by atoms with van der Waals surface area (Å²) in [5.74, 6) is -2.23. The number of hydrogen-bond acceptors (Lipinski definition) is 4. The summed E-state index contributed by atoms with van der Waals surface area (Å²) in [6.45, 7) is 0.630. The number of ketones is 2. The van der Waals surface area contributed by atoms with E-state index in [-0.39, 0.29) is 13.1 Å². The van der Waals surface area contributed by atoms with E-state index in [0.29, 0.717) is 0 Å². The second-order valence-corrected chi connectivity index (χ2v) is 1.98. The molecule has 0 bridgehead atoms. The van der Waals surface area contributed by atoms with Crippen LogP contribution in [-0.2, 0) is 14.4 Å². The third-order valence-corrected chi connectivity index (χ3v) is 0.954. The van der Waals surface area contributed by atoms with Crippen LogP contribution < -0.4 is 5.32 Å². The molecule has 0 unspecified atom stereocenters. The van der Waals surface area contributed by atoms with Crippen LogP contribution in [0.25, 0.3) is 0 Å². The van der Waals surface area contributed by atoms with Crippen molar-refractivity contribution in [2.24, 2.45) is 0 Å². The van der Waals surface area contributed by atoms with Gasteiger partial charge in [-0.3, -0.25) is 19.7 Å². The summed E-state index contributed by atoms with van der Waals surface area (Å²) in [6.07, 6.45) is 0. The van der Waals surface area contributed by atoms with E-state index in [1.54, 1.807) is 0 Å². The fourth-order valence-corrected chi connectivity index (χ4v) is 0.407. The molecule has 11 heavy (non-hydrogen) atoms. The number of Topliss-reactive ketones (excluding diaryl/α,β-unsaturated/α-hetero) is 2. The summed E-state index contributed by atoms with van der Waals surface area (Å²) < 4.78 is 0. The van der Waals surface area contributed by atoms with Crippen molar-refractivity contribution in [1.82, 2.24) is 5.32 Å². The fraction of sp³-hybridized carbons (Fsp3) is 0.500. The Kier molecular flexibility index (Phi) is 4.05. The monoisotopic (exact) mass is 159 g/mol. The molecule has 2 N–H and O–H groups in total. The molecule has 0 amide bonds. The quantitative estimate of drug-likeness (QED) is 0.493. The van der Waals surface area contributed by atoms with Gasteiger partial charge in [-0.1, -0.05) is 0 Å². The predicted molar refractivity (Wildman–Crippen MR) is 36.2 cm³/mol. The SMILES string of the molecule is CC(=O)C(=O)CNCC(=O)O. The zero-order valence-electron chi connectivity index (χ0n) is 6.09. The maximum Gasteiger partial charge on any atom is 0.317 e. The molecule has 0 aromatic carbocycles. The van der Waals surface area contributed by atoms with Crippen LogP contribution >= 0.6 is 0 Å². The Bertz CT molecular complexity index is 187. The smallest absolute Gasteiger partial charge is 0.317 e. The lowest BCUT2D eigenvalue weighted by atomic mass is 10.3. The molecule has 0 aromatic rings. The van der Waals surface area contributed by atoms with Crippen molar-refractivity contribution < 1.29 is 19.5 Å². The molecule has 0 atom stereocenters. The van der Waals surface area contributed by atoms with Crippen molar-refractivity contribution in [2.75, 3.05) is 13.1 Å². The lowest BCUT2D eigenvalue weighted by Crippen LogP contribution is -2.31. The Hall–Kier alpha value is -1.23. The Morgan fingerprint density at radius 3 is 2.18 bits per heavy atom. The highest BCUT2D eigenvalue weighted by Gasteiger charge is 2.06. The van der Waals surface area contributed by atoms with Gasteiger partial charge in [0.2, 0.25) is 5.78 Å². The number of hydrogen-bond donors (Lipinski definition) is 2. The van der Waals surface area contributed by atoms with Crippen molar-refractivity contribution in [2.45, 2.75) is 6.92 Å². The third-order valence-electron chi connectivity index (χ3n) is 0.954. The van der Waals surface area contributed by atoms with Gasteiger partial charge in [0.15, 0.2) is 5.78 Å². The molecule has 0 heterocycles. The minimum Gasteiger partial charge on any atom is -0.480 e. The Morgan fingerprint density at radius 2 is 1.82 bits per heavy atom. The first-order valence-corrected chi connectivity index (χ1v) is 3.00. The van der Waals surface area contributed by atoms with Crippen molar-refractivity contribution in [3.8, 4) is 0 Å². The minimum absolute atomic E-state index is 0.207. The van der Waals surface area contributed by atoms with E-state index in [2.05, 4.69) is 5.32 Å². The largest absolute Gasteiger partial charge is 0.480 e. The first kappa shape index (κ1) is 9.77. The van der Waals surface area contributed by atoms with Gasteiger partial charge < -0.3 is 5.11 Å². The van der Waals surface area contributed by atoms with E-state index in [1.165, 1.54) is 0 Å². The van der Waals surface area contributed by atoms with Gasteiger partial charge in [0.05, 0.1) is 13.1 Å². The molecule has 0 saturated carbocycles. The molecule has 0 fully saturated rings. The zero-order valence-corrected chi connectivity index (χ0v) is 6.09. The lowest BCUT2D eigenvalue weighted by molar-refractivity contribution is -0.137. The zero-order chi connectivity index (χ0) is 8.85. The number of carbonyl (C=O) groups excluding carboxylic acids is 2. The number of aliphatic carboxylic acids is 1. The van der Waals surface area contributed by atoms with Crippen LogP contribution in [0.1, 0.15) is 6.92 Å². The third kappa shape index (κ3) is 5.23. The Labute approximate surface area is 63.4 Å². The van der Waals surface area contributed by atoms with Crippen LogP contribution in [0.3, 0.4) is 0 Å². The molecular formula is C6H9NO4. The molecule has 0 rings (SSSR count). The number of carbonyl (C=O) groups is 3. The van der Waals surface area contributed by atoms with Crippen molar-refractivity contribution in [3.05, 3.63) is 0 Å². The number of carboxylic acids is 1. The van der Waals surface area contributed by atoms with E-state index in [4.69, 9.17) is 5.11 Å². The van der Waals surface area contributed by atoms with Crippen LogP contribution in [0, 0.1) is 0 Å². The van der Waals surface area contributed by atoms with E-state index in [0.717, 1.165) is 6.92 Å². The fourth-order valence-electron chi connectivity index (χ4n) is 0.407. The molecule has 62 valence electrons. The molecule has 0 aliphatic carbocycles. The second-order valence-electron chi connectivity index (χ2n) is 1.98. The van der Waals surface area contributed by atoms with Gasteiger partial charge in [0, 0.05) is 6.92 Å². The summed E-state index contributed by atoms with van der Waals surface area (Å²) in [5, 5.41) is 10.4. The normalized spacial score (nSPS) is 9.18. The minimum atomic E-state index is -1.05. The standard InChI is InChI=1S/C6H9NO4/c1-4(8)5(9)2-7-3-6(10)11/h7H,2-3H2,1H3,(H,10,11). The lowest BCUT2D eigenvalue weighted by Gasteiger charge is -1.96. The molecular weight excluding hydrogens is 150 g/mol. The number of nitrogens with one attached hydrogen (secondary N) is 1. The summed E-state index contributed by atoms with van der Waals surface area (Å²) >= 11 is 0. The van der Waals surface area contributed by atoms with Crippen molar-refractivity contribution >= 4 is 17.5 Å². The van der Waals surface area contributed by atoms with Gasteiger partial charge in [0.25, 0.3) is 0 Å². The maximum absolute atomic E-state index is 10.5. The molecule has 0 aromatic heterocycles. The Morgan fingerprint density at radius 1 is 1.27 bits per heavy atom. The Balaban J connectivity index is 3.47. The summed E-state index contributed by atoms with van der Waals surface area (Å²) in [7, 11) is 0. The van der Waals surface area contributed by atoms with Crippen molar-refractivity contribution in [3.63, 3.8) is 0 Å². The van der Waals surface area contributed by atoms with Crippen LogP contribution in [0.15, 0.2) is 0 Å². The highest BCUT2D eigenvalue weighted by Crippen LogP contribution is 1.72. The van der Waals surface area contributed by atoms with E-state index < -0.39 is 17.5 Å². The molecule has 5 nitrogen and oxygen atoms in total. The van der Waals surface area contributed by atoms with Crippen LogP contribution in [-0.4, -0.2) is 35.7 Å².